The SMILES string of the molecule is COc1ccc([C@H]2CC[C@H](C3CC[CH]CC3)CC2)cc1. The van der Waals surface area contributed by atoms with Gasteiger partial charge in [0, 0.05) is 0 Å². The Labute approximate surface area is 123 Å². The summed E-state index contributed by atoms with van der Waals surface area (Å²) in [5.41, 5.74) is 1.52. The minimum Gasteiger partial charge on any atom is -0.497 e. The lowest BCUT2D eigenvalue weighted by Crippen LogP contribution is -2.23. The lowest BCUT2D eigenvalue weighted by atomic mass is 9.70. The molecule has 0 aromatic heterocycles. The fraction of sp³-hybridized carbons (Fsp3) is 0.632. The molecule has 3 rings (SSSR count). The van der Waals surface area contributed by atoms with E-state index < -0.39 is 0 Å². The fourth-order valence-corrected chi connectivity index (χ4v) is 4.22. The van der Waals surface area contributed by atoms with Crippen LogP contribution in [0.5, 0.6) is 5.75 Å². The number of rotatable bonds is 3. The van der Waals surface area contributed by atoms with Gasteiger partial charge >= 0.3 is 0 Å². The van der Waals surface area contributed by atoms with Crippen LogP contribution in [-0.4, -0.2) is 7.11 Å². The molecular formula is C19H27O. The Morgan fingerprint density at radius 2 is 1.40 bits per heavy atom. The van der Waals surface area contributed by atoms with Crippen LogP contribution in [0.15, 0.2) is 24.3 Å². The maximum Gasteiger partial charge on any atom is 0.118 e. The van der Waals surface area contributed by atoms with Gasteiger partial charge in [-0.05, 0) is 93.2 Å². The van der Waals surface area contributed by atoms with Crippen molar-refractivity contribution in [3.63, 3.8) is 0 Å². The quantitative estimate of drug-likeness (QED) is 0.718. The second-order valence-electron chi connectivity index (χ2n) is 6.59. The topological polar surface area (TPSA) is 9.23 Å². The van der Waals surface area contributed by atoms with Crippen LogP contribution in [0.4, 0.5) is 0 Å². The van der Waals surface area contributed by atoms with E-state index in [0.717, 1.165) is 23.5 Å². The highest BCUT2D eigenvalue weighted by Crippen LogP contribution is 2.42. The standard InChI is InChI=1S/C19H27O/c1-20-19-13-11-18(12-14-19)17-9-7-16(8-10-17)15-5-3-2-4-6-15/h2,11-17H,3-10H2,1H3/t16-,17-. The van der Waals surface area contributed by atoms with Crippen molar-refractivity contribution in [1.29, 1.82) is 0 Å². The van der Waals surface area contributed by atoms with Crippen molar-refractivity contribution in [2.75, 3.05) is 7.11 Å². The van der Waals surface area contributed by atoms with E-state index in [0.29, 0.717) is 0 Å². The van der Waals surface area contributed by atoms with E-state index in [9.17, 15) is 0 Å². The van der Waals surface area contributed by atoms with E-state index in [1.807, 2.05) is 0 Å². The number of benzene rings is 1. The first-order valence-corrected chi connectivity index (χ1v) is 8.32. The highest BCUT2D eigenvalue weighted by atomic mass is 16.5. The van der Waals surface area contributed by atoms with Crippen LogP contribution in [-0.2, 0) is 0 Å². The molecule has 0 spiro atoms. The number of ether oxygens (including phenoxy) is 1. The van der Waals surface area contributed by atoms with E-state index in [2.05, 4.69) is 30.7 Å². The third-order valence-corrected chi connectivity index (χ3v) is 5.51. The summed E-state index contributed by atoms with van der Waals surface area (Å²) in [6, 6.07) is 8.75. The molecule has 1 heteroatoms. The minimum atomic E-state index is 0.785. The normalized spacial score (nSPS) is 28.2. The molecular weight excluding hydrogens is 244 g/mol. The van der Waals surface area contributed by atoms with Gasteiger partial charge in [0.2, 0.25) is 0 Å². The van der Waals surface area contributed by atoms with E-state index in [4.69, 9.17) is 4.74 Å². The average Bonchev–Trinajstić information content (AvgIpc) is 2.56. The van der Waals surface area contributed by atoms with Crippen molar-refractivity contribution in [3.8, 4) is 5.75 Å². The number of hydrogen-bond acceptors (Lipinski definition) is 1. The first-order chi connectivity index (χ1) is 9.86. The maximum atomic E-state index is 5.25. The van der Waals surface area contributed by atoms with Crippen molar-refractivity contribution in [2.45, 2.75) is 57.3 Å². The number of hydrogen-bond donors (Lipinski definition) is 0. The highest BCUT2D eigenvalue weighted by molar-refractivity contribution is 5.29. The summed E-state index contributed by atoms with van der Waals surface area (Å²) in [7, 11) is 1.74. The molecule has 0 bridgehead atoms. The average molecular weight is 271 g/mol. The van der Waals surface area contributed by atoms with E-state index in [1.54, 1.807) is 7.11 Å². The van der Waals surface area contributed by atoms with Crippen molar-refractivity contribution < 1.29 is 4.74 Å². The van der Waals surface area contributed by atoms with E-state index in [-0.39, 0.29) is 0 Å². The molecule has 0 heterocycles. The van der Waals surface area contributed by atoms with Crippen LogP contribution >= 0.6 is 0 Å². The molecule has 1 radical (unpaired) electrons. The van der Waals surface area contributed by atoms with Gasteiger partial charge in [-0.3, -0.25) is 0 Å². The maximum absolute atomic E-state index is 5.25. The third-order valence-electron chi connectivity index (χ3n) is 5.51. The molecule has 0 amide bonds. The van der Waals surface area contributed by atoms with Crippen LogP contribution < -0.4 is 4.74 Å². The molecule has 2 aliphatic rings. The second-order valence-corrected chi connectivity index (χ2v) is 6.59. The molecule has 0 N–H and O–H groups in total. The molecule has 1 aromatic rings. The molecule has 1 aromatic carbocycles. The molecule has 0 saturated heterocycles. The van der Waals surface area contributed by atoms with Gasteiger partial charge in [-0.1, -0.05) is 12.1 Å². The monoisotopic (exact) mass is 271 g/mol. The molecule has 109 valence electrons. The van der Waals surface area contributed by atoms with Gasteiger partial charge in [0.25, 0.3) is 0 Å². The Balaban J connectivity index is 1.54. The summed E-state index contributed by atoms with van der Waals surface area (Å²) in [4.78, 5) is 0. The van der Waals surface area contributed by atoms with Gasteiger partial charge in [0.05, 0.1) is 7.11 Å². The molecule has 20 heavy (non-hydrogen) atoms. The van der Waals surface area contributed by atoms with Crippen LogP contribution in [0.1, 0.15) is 62.8 Å². The lowest BCUT2D eigenvalue weighted by Gasteiger charge is -2.36. The van der Waals surface area contributed by atoms with Gasteiger partial charge < -0.3 is 4.74 Å². The summed E-state index contributed by atoms with van der Waals surface area (Å²) in [5, 5.41) is 0. The molecule has 1 nitrogen and oxygen atoms in total. The van der Waals surface area contributed by atoms with Gasteiger partial charge in [-0.15, -0.1) is 0 Å². The van der Waals surface area contributed by atoms with Gasteiger partial charge in [-0.25, -0.2) is 0 Å². The number of methoxy groups -OCH3 is 1. The van der Waals surface area contributed by atoms with Crippen LogP contribution in [0.2, 0.25) is 0 Å². The zero-order chi connectivity index (χ0) is 13.8. The zero-order valence-corrected chi connectivity index (χ0v) is 12.7. The van der Waals surface area contributed by atoms with Crippen molar-refractivity contribution >= 4 is 0 Å². The smallest absolute Gasteiger partial charge is 0.118 e. The van der Waals surface area contributed by atoms with E-state index >= 15 is 0 Å². The first-order valence-electron chi connectivity index (χ1n) is 8.32. The highest BCUT2D eigenvalue weighted by Gasteiger charge is 2.28. The third kappa shape index (κ3) is 3.19. The molecule has 2 fully saturated rings. The summed E-state index contributed by atoms with van der Waals surface area (Å²) < 4.78 is 5.25. The molecule has 0 atom stereocenters. The predicted molar refractivity (Wildman–Crippen MR) is 84.0 cm³/mol. The first kappa shape index (κ1) is 14.0. The van der Waals surface area contributed by atoms with Crippen molar-refractivity contribution in [1.82, 2.24) is 0 Å². The predicted octanol–water partition coefficient (Wildman–Crippen LogP) is 5.36. The van der Waals surface area contributed by atoms with Gasteiger partial charge in [0.15, 0.2) is 0 Å². The molecule has 2 saturated carbocycles. The second kappa shape index (κ2) is 6.65. The Morgan fingerprint density at radius 3 is 2.00 bits per heavy atom. The summed E-state index contributed by atoms with van der Waals surface area (Å²) >= 11 is 0. The van der Waals surface area contributed by atoms with Crippen LogP contribution in [0.25, 0.3) is 0 Å². The summed E-state index contributed by atoms with van der Waals surface area (Å²) in [5.74, 6) is 3.79. The van der Waals surface area contributed by atoms with Gasteiger partial charge in [-0.2, -0.15) is 0 Å². The molecule has 0 unspecified atom stereocenters. The largest absolute Gasteiger partial charge is 0.497 e. The Morgan fingerprint density at radius 1 is 0.800 bits per heavy atom. The van der Waals surface area contributed by atoms with Crippen molar-refractivity contribution in [3.05, 3.63) is 36.2 Å². The van der Waals surface area contributed by atoms with E-state index in [1.165, 1.54) is 56.9 Å². The van der Waals surface area contributed by atoms with Crippen LogP contribution in [0.3, 0.4) is 0 Å². The van der Waals surface area contributed by atoms with Crippen molar-refractivity contribution in [2.24, 2.45) is 11.8 Å². The van der Waals surface area contributed by atoms with Crippen LogP contribution in [0, 0.1) is 18.3 Å². The lowest BCUT2D eigenvalue weighted by molar-refractivity contribution is 0.199. The zero-order valence-electron chi connectivity index (χ0n) is 12.7. The fourth-order valence-electron chi connectivity index (χ4n) is 4.22. The molecule has 0 aliphatic heterocycles. The molecule has 2 aliphatic carbocycles. The van der Waals surface area contributed by atoms with Gasteiger partial charge in [0.1, 0.15) is 5.75 Å². The summed E-state index contributed by atoms with van der Waals surface area (Å²) in [6.07, 6.45) is 13.8. The Kier molecular flexibility index (Phi) is 4.65. The minimum absolute atomic E-state index is 0.785. The Bertz CT molecular complexity index is 394. The summed E-state index contributed by atoms with van der Waals surface area (Å²) in [6.45, 7) is 0. The Hall–Kier alpha value is -0.980.